The van der Waals surface area contributed by atoms with E-state index in [1.165, 1.54) is 19.3 Å². The van der Waals surface area contributed by atoms with E-state index in [0.717, 1.165) is 31.4 Å². The van der Waals surface area contributed by atoms with Gasteiger partial charge in [-0.3, -0.25) is 9.59 Å². The van der Waals surface area contributed by atoms with Crippen LogP contribution in [0.1, 0.15) is 50.5 Å². The second-order valence-electron chi connectivity index (χ2n) is 8.34. The summed E-state index contributed by atoms with van der Waals surface area (Å²) >= 11 is 0. The van der Waals surface area contributed by atoms with Gasteiger partial charge in [-0.05, 0) is 37.2 Å². The zero-order valence-electron chi connectivity index (χ0n) is 16.0. The summed E-state index contributed by atoms with van der Waals surface area (Å²) in [4.78, 5) is 28.3. The first-order valence-electron chi connectivity index (χ1n) is 10.5. The topological polar surface area (TPSA) is 49.4 Å². The van der Waals surface area contributed by atoms with Crippen molar-refractivity contribution in [3.63, 3.8) is 0 Å². The average Bonchev–Trinajstić information content (AvgIpc) is 2.71. The molecule has 1 aromatic carbocycles. The highest BCUT2D eigenvalue weighted by Crippen LogP contribution is 2.38. The number of hydrogen-bond acceptors (Lipinski definition) is 2. The number of allylic oxidation sites excluding steroid dienone is 2. The molecule has 0 spiro atoms. The number of carbonyl (C=O) groups is 2. The number of rotatable bonds is 4. The molecule has 0 bridgehead atoms. The molecule has 2 aliphatic carbocycles. The Balaban J connectivity index is 1.46. The highest BCUT2D eigenvalue weighted by molar-refractivity contribution is 5.89. The number of nitrogens with zero attached hydrogens (tertiary/aromatic N) is 1. The molecule has 3 aliphatic rings. The van der Waals surface area contributed by atoms with Gasteiger partial charge in [-0.1, -0.05) is 61.7 Å². The van der Waals surface area contributed by atoms with E-state index in [-0.39, 0.29) is 29.6 Å². The lowest BCUT2D eigenvalue weighted by atomic mass is 9.71. The second kappa shape index (κ2) is 8.28. The maximum atomic E-state index is 13.3. The standard InChI is InChI=1S/C23H30N2O2/c26-22(24-19-11-5-2-6-12-19)20-13-7-10-18-14-15-25(23(27)21(18)20)16-17-8-3-1-4-9-17/h1,3-4,7-10,18-21H,2,5-6,11-16H2,(H,24,26)/t18-,20-,21+/m1/s1. The molecule has 2 amide bonds. The highest BCUT2D eigenvalue weighted by atomic mass is 16.2. The Morgan fingerprint density at radius 2 is 1.85 bits per heavy atom. The number of nitrogens with one attached hydrogen (secondary N) is 1. The van der Waals surface area contributed by atoms with Crippen molar-refractivity contribution >= 4 is 11.8 Å². The van der Waals surface area contributed by atoms with E-state index in [9.17, 15) is 9.59 Å². The lowest BCUT2D eigenvalue weighted by Gasteiger charge is -2.42. The minimum Gasteiger partial charge on any atom is -0.353 e. The summed E-state index contributed by atoms with van der Waals surface area (Å²) < 4.78 is 0. The van der Waals surface area contributed by atoms with E-state index >= 15 is 0 Å². The maximum absolute atomic E-state index is 13.3. The van der Waals surface area contributed by atoms with Crippen molar-refractivity contribution in [2.45, 2.75) is 57.5 Å². The molecule has 27 heavy (non-hydrogen) atoms. The van der Waals surface area contributed by atoms with Crippen LogP contribution in [-0.2, 0) is 16.1 Å². The van der Waals surface area contributed by atoms with Crippen molar-refractivity contribution in [2.75, 3.05) is 6.54 Å². The molecule has 1 aliphatic heterocycles. The monoisotopic (exact) mass is 366 g/mol. The smallest absolute Gasteiger partial charge is 0.227 e. The van der Waals surface area contributed by atoms with E-state index in [2.05, 4.69) is 29.6 Å². The molecule has 1 saturated carbocycles. The van der Waals surface area contributed by atoms with Gasteiger partial charge in [0.25, 0.3) is 0 Å². The predicted octanol–water partition coefficient (Wildman–Crippen LogP) is 3.68. The average molecular weight is 367 g/mol. The van der Waals surface area contributed by atoms with Crippen molar-refractivity contribution in [1.82, 2.24) is 10.2 Å². The SMILES string of the molecule is O=C(NC1CCCCC1)[C@@H]1CC=C[C@@H]2CCN(Cc3ccccc3)C(=O)[C@@H]21. The van der Waals surface area contributed by atoms with Crippen LogP contribution in [0.3, 0.4) is 0 Å². The Bertz CT molecular complexity index is 694. The fourth-order valence-corrected chi connectivity index (χ4v) is 5.01. The van der Waals surface area contributed by atoms with E-state index < -0.39 is 0 Å². The normalized spacial score (nSPS) is 28.7. The molecule has 1 saturated heterocycles. The van der Waals surface area contributed by atoms with E-state index in [4.69, 9.17) is 0 Å². The maximum Gasteiger partial charge on any atom is 0.227 e. The zero-order valence-corrected chi connectivity index (χ0v) is 16.0. The summed E-state index contributed by atoms with van der Waals surface area (Å²) in [5.41, 5.74) is 1.15. The lowest BCUT2D eigenvalue weighted by molar-refractivity contribution is -0.148. The van der Waals surface area contributed by atoms with Crippen molar-refractivity contribution < 1.29 is 9.59 Å². The summed E-state index contributed by atoms with van der Waals surface area (Å²) in [6.07, 6.45) is 11.8. The quantitative estimate of drug-likeness (QED) is 0.827. The van der Waals surface area contributed by atoms with Gasteiger partial charge in [-0.15, -0.1) is 0 Å². The summed E-state index contributed by atoms with van der Waals surface area (Å²) in [6.45, 7) is 1.42. The Morgan fingerprint density at radius 3 is 2.63 bits per heavy atom. The molecular weight excluding hydrogens is 336 g/mol. The largest absolute Gasteiger partial charge is 0.353 e. The number of hydrogen-bond donors (Lipinski definition) is 1. The molecule has 0 unspecified atom stereocenters. The van der Waals surface area contributed by atoms with Crippen molar-refractivity contribution in [3.05, 3.63) is 48.0 Å². The van der Waals surface area contributed by atoms with Gasteiger partial charge in [0, 0.05) is 19.1 Å². The van der Waals surface area contributed by atoms with Gasteiger partial charge >= 0.3 is 0 Å². The Morgan fingerprint density at radius 1 is 1.07 bits per heavy atom. The molecule has 4 rings (SSSR count). The third-order valence-corrected chi connectivity index (χ3v) is 6.50. The van der Waals surface area contributed by atoms with Gasteiger partial charge in [-0.2, -0.15) is 0 Å². The first kappa shape index (κ1) is 18.3. The summed E-state index contributed by atoms with van der Waals surface area (Å²) in [5, 5.41) is 3.26. The second-order valence-corrected chi connectivity index (χ2v) is 8.34. The van der Waals surface area contributed by atoms with Gasteiger partial charge in [0.1, 0.15) is 0 Å². The molecule has 144 valence electrons. The first-order chi connectivity index (χ1) is 13.2. The molecule has 1 aromatic rings. The molecular formula is C23H30N2O2. The van der Waals surface area contributed by atoms with Gasteiger partial charge < -0.3 is 10.2 Å². The van der Waals surface area contributed by atoms with Gasteiger partial charge in [0.2, 0.25) is 11.8 Å². The number of likely N-dealkylation sites (tertiary alicyclic amines) is 1. The number of amides is 2. The van der Waals surface area contributed by atoms with E-state index in [0.29, 0.717) is 19.0 Å². The fraction of sp³-hybridized carbons (Fsp3) is 0.565. The predicted molar refractivity (Wildman–Crippen MR) is 106 cm³/mol. The van der Waals surface area contributed by atoms with Gasteiger partial charge in [0.05, 0.1) is 11.8 Å². The first-order valence-corrected chi connectivity index (χ1v) is 10.5. The van der Waals surface area contributed by atoms with E-state index in [1.807, 2.05) is 23.1 Å². The molecule has 3 atom stereocenters. The number of fused-ring (bicyclic) bond motifs is 1. The zero-order chi connectivity index (χ0) is 18.6. The molecule has 0 radical (unpaired) electrons. The highest BCUT2D eigenvalue weighted by Gasteiger charge is 2.44. The molecule has 1 heterocycles. The number of piperidine rings is 1. The summed E-state index contributed by atoms with van der Waals surface area (Å²) in [5.74, 6) is 0.0452. The van der Waals surface area contributed by atoms with Crippen LogP contribution in [-0.4, -0.2) is 29.3 Å². The van der Waals surface area contributed by atoms with E-state index in [1.54, 1.807) is 0 Å². The summed E-state index contributed by atoms with van der Waals surface area (Å²) in [7, 11) is 0. The minimum atomic E-state index is -0.215. The number of carbonyl (C=O) groups excluding carboxylic acids is 2. The summed E-state index contributed by atoms with van der Waals surface area (Å²) in [6, 6.07) is 10.4. The van der Waals surface area contributed by atoms with Crippen LogP contribution in [0.2, 0.25) is 0 Å². The Hall–Kier alpha value is -2.10. The van der Waals surface area contributed by atoms with Crippen LogP contribution in [0.25, 0.3) is 0 Å². The van der Waals surface area contributed by atoms with Crippen LogP contribution in [0.4, 0.5) is 0 Å². The lowest BCUT2D eigenvalue weighted by Crippen LogP contribution is -2.52. The van der Waals surface area contributed by atoms with Crippen LogP contribution < -0.4 is 5.32 Å². The minimum absolute atomic E-state index is 0.0937. The van der Waals surface area contributed by atoms with Crippen LogP contribution in [0.15, 0.2) is 42.5 Å². The van der Waals surface area contributed by atoms with Crippen molar-refractivity contribution in [3.8, 4) is 0 Å². The number of benzene rings is 1. The fourth-order valence-electron chi connectivity index (χ4n) is 5.01. The van der Waals surface area contributed by atoms with Crippen molar-refractivity contribution in [2.24, 2.45) is 17.8 Å². The Kier molecular flexibility index (Phi) is 5.61. The Labute approximate surface area is 162 Å². The van der Waals surface area contributed by atoms with Gasteiger partial charge in [-0.25, -0.2) is 0 Å². The molecule has 4 nitrogen and oxygen atoms in total. The van der Waals surface area contributed by atoms with Crippen LogP contribution in [0.5, 0.6) is 0 Å². The molecule has 0 aromatic heterocycles. The third kappa shape index (κ3) is 4.10. The van der Waals surface area contributed by atoms with Crippen molar-refractivity contribution in [1.29, 1.82) is 0 Å². The molecule has 2 fully saturated rings. The molecule has 4 heteroatoms. The molecule has 1 N–H and O–H groups in total. The van der Waals surface area contributed by atoms with Crippen LogP contribution >= 0.6 is 0 Å². The van der Waals surface area contributed by atoms with Crippen LogP contribution in [0, 0.1) is 17.8 Å². The third-order valence-electron chi connectivity index (χ3n) is 6.50. The van der Waals surface area contributed by atoms with Gasteiger partial charge in [0.15, 0.2) is 0 Å².